The second-order valence-electron chi connectivity index (χ2n) is 5.22. The van der Waals surface area contributed by atoms with Gasteiger partial charge in [0, 0.05) is 17.8 Å². The molecular formula is C14H19NO3. The van der Waals surface area contributed by atoms with E-state index in [4.69, 9.17) is 5.11 Å². The number of hydrogen-bond acceptors (Lipinski definition) is 3. The van der Waals surface area contributed by atoms with Crippen LogP contribution in [0.25, 0.3) is 0 Å². The lowest BCUT2D eigenvalue weighted by atomic mass is 9.89. The lowest BCUT2D eigenvalue weighted by molar-refractivity contribution is -0.139. The Bertz CT molecular complexity index is 435. The molecule has 2 N–H and O–H groups in total. The van der Waals surface area contributed by atoms with Crippen molar-refractivity contribution >= 4 is 17.4 Å². The maximum Gasteiger partial charge on any atom is 0.303 e. The van der Waals surface area contributed by atoms with Crippen LogP contribution in [0.3, 0.4) is 0 Å². The van der Waals surface area contributed by atoms with Gasteiger partial charge in [0.1, 0.15) is 0 Å². The summed E-state index contributed by atoms with van der Waals surface area (Å²) < 4.78 is 0. The average Bonchev–Trinajstić information content (AvgIpc) is 2.25. The SMILES string of the molecule is CC(=O)c1ccc(NCC(C)(C)CC(=O)O)cc1. The maximum absolute atomic E-state index is 11.1. The zero-order chi connectivity index (χ0) is 13.8. The third-order valence-electron chi connectivity index (χ3n) is 2.69. The van der Waals surface area contributed by atoms with Crippen LogP contribution in [-0.4, -0.2) is 23.4 Å². The Labute approximate surface area is 107 Å². The fraction of sp³-hybridized carbons (Fsp3) is 0.429. The van der Waals surface area contributed by atoms with Gasteiger partial charge in [0.25, 0.3) is 0 Å². The molecule has 18 heavy (non-hydrogen) atoms. The van der Waals surface area contributed by atoms with Crippen LogP contribution in [0.5, 0.6) is 0 Å². The van der Waals surface area contributed by atoms with Gasteiger partial charge in [-0.2, -0.15) is 0 Å². The molecule has 1 aromatic rings. The van der Waals surface area contributed by atoms with E-state index in [2.05, 4.69) is 5.32 Å². The molecule has 4 heteroatoms. The van der Waals surface area contributed by atoms with Gasteiger partial charge < -0.3 is 10.4 Å². The molecule has 0 fully saturated rings. The zero-order valence-electron chi connectivity index (χ0n) is 11.0. The topological polar surface area (TPSA) is 66.4 Å². The highest BCUT2D eigenvalue weighted by Gasteiger charge is 2.21. The van der Waals surface area contributed by atoms with Gasteiger partial charge in [-0.1, -0.05) is 13.8 Å². The number of carboxylic acids is 1. The average molecular weight is 249 g/mol. The van der Waals surface area contributed by atoms with Gasteiger partial charge in [0.05, 0.1) is 6.42 Å². The Morgan fingerprint density at radius 3 is 2.22 bits per heavy atom. The molecule has 1 rings (SSSR count). The third kappa shape index (κ3) is 4.57. The first kappa shape index (κ1) is 14.2. The number of anilines is 1. The quantitative estimate of drug-likeness (QED) is 0.761. The van der Waals surface area contributed by atoms with E-state index >= 15 is 0 Å². The minimum atomic E-state index is -0.797. The number of Topliss-reactive ketones (excluding diaryl/α,β-unsaturated/α-hetero) is 1. The number of nitrogens with one attached hydrogen (secondary N) is 1. The molecule has 0 atom stereocenters. The molecule has 98 valence electrons. The van der Waals surface area contributed by atoms with E-state index in [0.29, 0.717) is 12.1 Å². The number of carbonyl (C=O) groups is 2. The van der Waals surface area contributed by atoms with Gasteiger partial charge in [-0.25, -0.2) is 0 Å². The number of ketones is 1. The van der Waals surface area contributed by atoms with Crippen molar-refractivity contribution in [2.45, 2.75) is 27.2 Å². The van der Waals surface area contributed by atoms with E-state index in [1.54, 1.807) is 12.1 Å². The second-order valence-corrected chi connectivity index (χ2v) is 5.22. The van der Waals surface area contributed by atoms with Crippen molar-refractivity contribution in [3.05, 3.63) is 29.8 Å². The van der Waals surface area contributed by atoms with E-state index in [1.165, 1.54) is 6.92 Å². The summed E-state index contributed by atoms with van der Waals surface area (Å²) in [5.74, 6) is -0.763. The van der Waals surface area contributed by atoms with Crippen molar-refractivity contribution in [3.63, 3.8) is 0 Å². The standard InChI is InChI=1S/C14H19NO3/c1-10(16)11-4-6-12(7-5-11)15-9-14(2,3)8-13(17)18/h4-7,15H,8-9H2,1-3H3,(H,17,18). The first-order valence-corrected chi connectivity index (χ1v) is 5.87. The van der Waals surface area contributed by atoms with E-state index in [9.17, 15) is 9.59 Å². The number of hydrogen-bond donors (Lipinski definition) is 2. The Balaban J connectivity index is 2.58. The van der Waals surface area contributed by atoms with Crippen molar-refractivity contribution in [2.24, 2.45) is 5.41 Å². The van der Waals surface area contributed by atoms with Gasteiger partial charge >= 0.3 is 5.97 Å². The van der Waals surface area contributed by atoms with Crippen LogP contribution < -0.4 is 5.32 Å². The van der Waals surface area contributed by atoms with Gasteiger partial charge in [-0.05, 0) is 36.6 Å². The van der Waals surface area contributed by atoms with E-state index in [0.717, 1.165) is 5.69 Å². The predicted octanol–water partition coefficient (Wildman–Crippen LogP) is 2.80. The van der Waals surface area contributed by atoms with Crippen LogP contribution in [0.4, 0.5) is 5.69 Å². The first-order chi connectivity index (χ1) is 8.30. The summed E-state index contributed by atoms with van der Waals surface area (Å²) in [6.07, 6.45) is 0.117. The Hall–Kier alpha value is -1.84. The molecule has 0 saturated heterocycles. The summed E-state index contributed by atoms with van der Waals surface area (Å²) in [7, 11) is 0. The molecule has 0 aromatic heterocycles. The number of aliphatic carboxylic acids is 1. The maximum atomic E-state index is 11.1. The van der Waals surface area contributed by atoms with Crippen LogP contribution >= 0.6 is 0 Å². The van der Waals surface area contributed by atoms with Crippen LogP contribution in [0, 0.1) is 5.41 Å². The molecule has 0 aliphatic carbocycles. The fourth-order valence-electron chi connectivity index (χ4n) is 1.64. The summed E-state index contributed by atoms with van der Waals surface area (Å²) in [5, 5.41) is 12.0. The molecule has 0 amide bonds. The first-order valence-electron chi connectivity index (χ1n) is 5.87. The van der Waals surface area contributed by atoms with Gasteiger partial charge in [0.2, 0.25) is 0 Å². The van der Waals surface area contributed by atoms with Crippen molar-refractivity contribution in [1.82, 2.24) is 0 Å². The van der Waals surface area contributed by atoms with E-state index in [1.807, 2.05) is 26.0 Å². The number of carbonyl (C=O) groups excluding carboxylic acids is 1. The highest BCUT2D eigenvalue weighted by Crippen LogP contribution is 2.21. The molecule has 0 aliphatic heterocycles. The van der Waals surface area contributed by atoms with Gasteiger partial charge in [-0.15, -0.1) is 0 Å². The summed E-state index contributed by atoms with van der Waals surface area (Å²) >= 11 is 0. The summed E-state index contributed by atoms with van der Waals surface area (Å²) in [4.78, 5) is 21.8. The van der Waals surface area contributed by atoms with Crippen LogP contribution in [0.15, 0.2) is 24.3 Å². The predicted molar refractivity (Wildman–Crippen MR) is 71.0 cm³/mol. The minimum absolute atomic E-state index is 0.0350. The van der Waals surface area contributed by atoms with Crippen molar-refractivity contribution in [2.75, 3.05) is 11.9 Å². The number of benzene rings is 1. The lowest BCUT2D eigenvalue weighted by Crippen LogP contribution is -2.26. The van der Waals surface area contributed by atoms with Crippen molar-refractivity contribution in [3.8, 4) is 0 Å². The molecule has 4 nitrogen and oxygen atoms in total. The monoisotopic (exact) mass is 249 g/mol. The fourth-order valence-corrected chi connectivity index (χ4v) is 1.64. The summed E-state index contributed by atoms with van der Waals surface area (Å²) in [6, 6.07) is 7.17. The Kier molecular flexibility index (Phi) is 4.48. The lowest BCUT2D eigenvalue weighted by Gasteiger charge is -2.23. The van der Waals surface area contributed by atoms with Gasteiger partial charge in [-0.3, -0.25) is 9.59 Å². The summed E-state index contributed by atoms with van der Waals surface area (Å²) in [5.41, 5.74) is 1.24. The second kappa shape index (κ2) is 5.67. The third-order valence-corrected chi connectivity index (χ3v) is 2.69. The highest BCUT2D eigenvalue weighted by atomic mass is 16.4. The van der Waals surface area contributed by atoms with E-state index in [-0.39, 0.29) is 17.6 Å². The molecule has 0 saturated carbocycles. The van der Waals surface area contributed by atoms with Crippen LogP contribution in [0.1, 0.15) is 37.6 Å². The van der Waals surface area contributed by atoms with E-state index < -0.39 is 5.97 Å². The normalized spacial score (nSPS) is 11.1. The van der Waals surface area contributed by atoms with Crippen LogP contribution in [0.2, 0.25) is 0 Å². The van der Waals surface area contributed by atoms with Crippen molar-refractivity contribution < 1.29 is 14.7 Å². The molecular weight excluding hydrogens is 230 g/mol. The summed E-state index contributed by atoms with van der Waals surface area (Å²) in [6.45, 7) is 5.90. The molecule has 0 bridgehead atoms. The Morgan fingerprint density at radius 1 is 1.22 bits per heavy atom. The number of rotatable bonds is 6. The highest BCUT2D eigenvalue weighted by molar-refractivity contribution is 5.94. The molecule has 0 heterocycles. The zero-order valence-corrected chi connectivity index (χ0v) is 11.0. The Morgan fingerprint density at radius 2 is 1.78 bits per heavy atom. The molecule has 0 spiro atoms. The minimum Gasteiger partial charge on any atom is -0.481 e. The van der Waals surface area contributed by atoms with Crippen LogP contribution in [-0.2, 0) is 4.79 Å². The number of carboxylic acid groups (broad SMARTS) is 1. The molecule has 1 aromatic carbocycles. The molecule has 0 aliphatic rings. The van der Waals surface area contributed by atoms with Crippen molar-refractivity contribution in [1.29, 1.82) is 0 Å². The smallest absolute Gasteiger partial charge is 0.303 e. The largest absolute Gasteiger partial charge is 0.481 e. The molecule has 0 radical (unpaired) electrons. The van der Waals surface area contributed by atoms with Gasteiger partial charge in [0.15, 0.2) is 5.78 Å². The molecule has 0 unspecified atom stereocenters.